The van der Waals surface area contributed by atoms with Crippen molar-refractivity contribution >= 4 is 0 Å². The first kappa shape index (κ1) is 14.3. The Bertz CT molecular complexity index is 372. The van der Waals surface area contributed by atoms with Gasteiger partial charge in [0.15, 0.2) is 0 Å². The molecule has 3 N–H and O–H groups in total. The molecule has 1 aromatic carbocycles. The van der Waals surface area contributed by atoms with Crippen LogP contribution < -0.4 is 16.0 Å². The van der Waals surface area contributed by atoms with Crippen molar-refractivity contribution in [3.63, 3.8) is 0 Å². The number of ether oxygens (including phenoxy) is 2. The molecule has 1 aliphatic heterocycles. The fourth-order valence-corrected chi connectivity index (χ4v) is 2.44. The maximum Gasteiger partial charge on any atom is 0.119 e. The molecule has 1 aromatic rings. The van der Waals surface area contributed by atoms with Crippen LogP contribution in [0.5, 0.6) is 5.75 Å². The van der Waals surface area contributed by atoms with Gasteiger partial charge in [-0.25, -0.2) is 0 Å². The molecular weight excluding hydrogens is 240 g/mol. The predicted octanol–water partition coefficient (Wildman–Crippen LogP) is 2.55. The molecule has 2 unspecified atom stereocenters. The van der Waals surface area contributed by atoms with Crippen LogP contribution in [0.2, 0.25) is 0 Å². The van der Waals surface area contributed by atoms with Gasteiger partial charge in [0.25, 0.3) is 0 Å². The van der Waals surface area contributed by atoms with E-state index in [1.54, 1.807) is 0 Å². The molecule has 1 aliphatic rings. The summed E-state index contributed by atoms with van der Waals surface area (Å²) >= 11 is 0. The first-order valence-electron chi connectivity index (χ1n) is 7.03. The third kappa shape index (κ3) is 4.20. The first-order chi connectivity index (χ1) is 9.19. The molecule has 1 saturated heterocycles. The zero-order valence-electron chi connectivity index (χ0n) is 11.8. The Hall–Kier alpha value is -1.10. The third-order valence-corrected chi connectivity index (χ3v) is 3.38. The molecule has 4 nitrogen and oxygen atoms in total. The first-order valence-corrected chi connectivity index (χ1v) is 7.03. The minimum Gasteiger partial charge on any atom is -0.491 e. The lowest BCUT2D eigenvalue weighted by atomic mass is 10.00. The van der Waals surface area contributed by atoms with Crippen molar-refractivity contribution < 1.29 is 9.47 Å². The summed E-state index contributed by atoms with van der Waals surface area (Å²) in [5, 5.41) is 0. The highest BCUT2D eigenvalue weighted by atomic mass is 16.5. The Labute approximate surface area is 115 Å². The van der Waals surface area contributed by atoms with Crippen LogP contribution in [0.3, 0.4) is 0 Å². The van der Waals surface area contributed by atoms with Gasteiger partial charge in [0, 0.05) is 12.6 Å². The van der Waals surface area contributed by atoms with Crippen LogP contribution in [0.4, 0.5) is 0 Å². The predicted molar refractivity (Wildman–Crippen MR) is 75.9 cm³/mol. The molecule has 0 aromatic heterocycles. The largest absolute Gasteiger partial charge is 0.491 e. The highest BCUT2D eigenvalue weighted by Gasteiger charge is 2.21. The zero-order chi connectivity index (χ0) is 13.7. The number of nitrogens with two attached hydrogens (primary N) is 1. The standard InChI is InChI=1S/C15H24N2O2/c1-11(2)19-13-7-5-12(6-8-13)15(17-16)10-14-4-3-9-18-14/h5-8,11,14-15,17H,3-4,9-10,16H2,1-2H3. The molecule has 0 spiro atoms. The van der Waals surface area contributed by atoms with E-state index < -0.39 is 0 Å². The van der Waals surface area contributed by atoms with Gasteiger partial charge in [-0.15, -0.1) is 0 Å². The summed E-state index contributed by atoms with van der Waals surface area (Å²) in [6.07, 6.45) is 3.73. The van der Waals surface area contributed by atoms with E-state index in [9.17, 15) is 0 Å². The average molecular weight is 264 g/mol. The van der Waals surface area contributed by atoms with E-state index in [1.807, 2.05) is 26.0 Å². The van der Waals surface area contributed by atoms with Crippen LogP contribution in [0, 0.1) is 0 Å². The van der Waals surface area contributed by atoms with Crippen molar-refractivity contribution in [3.8, 4) is 5.75 Å². The van der Waals surface area contributed by atoms with Crippen molar-refractivity contribution in [1.29, 1.82) is 0 Å². The van der Waals surface area contributed by atoms with Crippen molar-refractivity contribution in [3.05, 3.63) is 29.8 Å². The van der Waals surface area contributed by atoms with Crippen molar-refractivity contribution in [2.75, 3.05) is 6.61 Å². The van der Waals surface area contributed by atoms with Gasteiger partial charge >= 0.3 is 0 Å². The Morgan fingerprint density at radius 3 is 2.63 bits per heavy atom. The molecule has 2 rings (SSSR count). The maximum absolute atomic E-state index is 5.66. The molecule has 2 atom stereocenters. The molecular formula is C15H24N2O2. The van der Waals surface area contributed by atoms with E-state index in [0.717, 1.165) is 31.6 Å². The van der Waals surface area contributed by atoms with Gasteiger partial charge in [0.2, 0.25) is 0 Å². The van der Waals surface area contributed by atoms with Crippen LogP contribution in [-0.2, 0) is 4.74 Å². The summed E-state index contributed by atoms with van der Waals surface area (Å²) < 4.78 is 11.3. The third-order valence-electron chi connectivity index (χ3n) is 3.38. The molecule has 1 heterocycles. The number of hydrazine groups is 1. The molecule has 0 saturated carbocycles. The summed E-state index contributed by atoms with van der Waals surface area (Å²) in [7, 11) is 0. The second kappa shape index (κ2) is 6.89. The lowest BCUT2D eigenvalue weighted by Gasteiger charge is -2.20. The normalized spacial score (nSPS) is 20.7. The maximum atomic E-state index is 5.66. The Balaban J connectivity index is 1.97. The van der Waals surface area contributed by atoms with Gasteiger partial charge < -0.3 is 9.47 Å². The van der Waals surface area contributed by atoms with Crippen LogP contribution in [0.1, 0.15) is 44.7 Å². The second-order valence-electron chi connectivity index (χ2n) is 5.33. The van der Waals surface area contributed by atoms with Gasteiger partial charge in [0.05, 0.1) is 12.2 Å². The SMILES string of the molecule is CC(C)Oc1ccc(C(CC2CCCO2)NN)cc1. The lowest BCUT2D eigenvalue weighted by molar-refractivity contribution is 0.0946. The molecule has 19 heavy (non-hydrogen) atoms. The summed E-state index contributed by atoms with van der Waals surface area (Å²) in [5.74, 6) is 6.56. The molecule has 0 aliphatic carbocycles. The van der Waals surface area contributed by atoms with E-state index in [4.69, 9.17) is 15.3 Å². The average Bonchev–Trinajstić information content (AvgIpc) is 2.89. The van der Waals surface area contributed by atoms with Crippen LogP contribution in [-0.4, -0.2) is 18.8 Å². The van der Waals surface area contributed by atoms with Gasteiger partial charge in [-0.3, -0.25) is 11.3 Å². The summed E-state index contributed by atoms with van der Waals surface area (Å²) in [5.41, 5.74) is 4.06. The van der Waals surface area contributed by atoms with Crippen molar-refractivity contribution in [1.82, 2.24) is 5.43 Å². The monoisotopic (exact) mass is 264 g/mol. The number of rotatable bonds is 6. The van der Waals surface area contributed by atoms with Crippen LogP contribution in [0.15, 0.2) is 24.3 Å². The van der Waals surface area contributed by atoms with E-state index >= 15 is 0 Å². The minimum atomic E-state index is 0.135. The fourth-order valence-electron chi connectivity index (χ4n) is 2.44. The minimum absolute atomic E-state index is 0.135. The number of benzene rings is 1. The van der Waals surface area contributed by atoms with Crippen molar-refractivity contribution in [2.24, 2.45) is 5.84 Å². The number of hydrogen-bond donors (Lipinski definition) is 2. The van der Waals surface area contributed by atoms with E-state index in [0.29, 0.717) is 6.10 Å². The highest BCUT2D eigenvalue weighted by molar-refractivity contribution is 5.29. The smallest absolute Gasteiger partial charge is 0.119 e. The van der Waals surface area contributed by atoms with Crippen LogP contribution >= 0.6 is 0 Å². The van der Waals surface area contributed by atoms with E-state index in [-0.39, 0.29) is 12.1 Å². The quantitative estimate of drug-likeness (QED) is 0.612. The summed E-state index contributed by atoms with van der Waals surface area (Å²) in [4.78, 5) is 0. The Morgan fingerprint density at radius 1 is 1.37 bits per heavy atom. The Kier molecular flexibility index (Phi) is 5.19. The molecule has 4 heteroatoms. The zero-order valence-corrected chi connectivity index (χ0v) is 11.8. The van der Waals surface area contributed by atoms with E-state index in [1.165, 1.54) is 5.56 Å². The summed E-state index contributed by atoms with van der Waals surface area (Å²) in [6.45, 7) is 4.92. The van der Waals surface area contributed by atoms with Crippen molar-refractivity contribution in [2.45, 2.75) is 51.4 Å². The molecule has 1 fully saturated rings. The molecule has 106 valence electrons. The van der Waals surface area contributed by atoms with Gasteiger partial charge in [-0.1, -0.05) is 12.1 Å². The van der Waals surface area contributed by atoms with Crippen LogP contribution in [0.25, 0.3) is 0 Å². The van der Waals surface area contributed by atoms with Gasteiger partial charge in [-0.05, 0) is 50.8 Å². The second-order valence-corrected chi connectivity index (χ2v) is 5.33. The number of hydrogen-bond acceptors (Lipinski definition) is 4. The number of nitrogens with one attached hydrogen (secondary N) is 1. The van der Waals surface area contributed by atoms with Gasteiger partial charge in [0.1, 0.15) is 5.75 Å². The Morgan fingerprint density at radius 2 is 2.11 bits per heavy atom. The molecule has 0 bridgehead atoms. The molecule has 0 radical (unpaired) electrons. The van der Waals surface area contributed by atoms with Gasteiger partial charge in [-0.2, -0.15) is 0 Å². The molecule has 0 amide bonds. The highest BCUT2D eigenvalue weighted by Crippen LogP contribution is 2.26. The van der Waals surface area contributed by atoms with E-state index in [2.05, 4.69) is 17.6 Å². The lowest BCUT2D eigenvalue weighted by Crippen LogP contribution is -2.30. The summed E-state index contributed by atoms with van der Waals surface area (Å²) in [6, 6.07) is 8.26. The topological polar surface area (TPSA) is 56.5 Å². The fraction of sp³-hybridized carbons (Fsp3) is 0.600.